The summed E-state index contributed by atoms with van der Waals surface area (Å²) in [6.45, 7) is 4.21. The Morgan fingerprint density at radius 1 is 1.40 bits per heavy atom. The van der Waals surface area contributed by atoms with Crippen LogP contribution in [0.3, 0.4) is 0 Å². The Bertz CT molecular complexity index is 329. The summed E-state index contributed by atoms with van der Waals surface area (Å²) in [4.78, 5) is 0. The molecule has 1 atom stereocenters. The van der Waals surface area contributed by atoms with Crippen LogP contribution in [0.4, 0.5) is 0 Å². The highest BCUT2D eigenvalue weighted by atomic mass is 16.5. The number of hydrogen-bond donors (Lipinski definition) is 1. The van der Waals surface area contributed by atoms with Gasteiger partial charge < -0.3 is 10.1 Å². The Balaban J connectivity index is 2.16. The highest BCUT2D eigenvalue weighted by molar-refractivity contribution is 5.27. The third kappa shape index (κ3) is 2.21. The minimum atomic E-state index is 0.0200. The summed E-state index contributed by atoms with van der Waals surface area (Å²) < 4.78 is 5.70. The van der Waals surface area contributed by atoms with Gasteiger partial charge in [0.2, 0.25) is 0 Å². The molecule has 0 bridgehead atoms. The van der Waals surface area contributed by atoms with Crippen LogP contribution in [-0.2, 0) is 11.2 Å². The van der Waals surface area contributed by atoms with Gasteiger partial charge in [-0.25, -0.2) is 0 Å². The zero-order valence-electron chi connectivity index (χ0n) is 9.55. The summed E-state index contributed by atoms with van der Waals surface area (Å²) in [5.74, 6) is 0. The molecular weight excluding hydrogens is 186 g/mol. The summed E-state index contributed by atoms with van der Waals surface area (Å²) in [5.41, 5.74) is 2.79. The number of aryl methyl sites for hydroxylation is 1. The predicted octanol–water partition coefficient (Wildman–Crippen LogP) is 1.92. The van der Waals surface area contributed by atoms with Gasteiger partial charge in [0.25, 0.3) is 0 Å². The van der Waals surface area contributed by atoms with Gasteiger partial charge in [0, 0.05) is 20.1 Å². The second kappa shape index (κ2) is 4.33. The molecule has 0 radical (unpaired) electrons. The molecule has 0 aromatic heterocycles. The van der Waals surface area contributed by atoms with Gasteiger partial charge in [0.1, 0.15) is 0 Å². The van der Waals surface area contributed by atoms with E-state index in [0.29, 0.717) is 0 Å². The molecule has 2 nitrogen and oxygen atoms in total. The molecule has 1 fully saturated rings. The largest absolute Gasteiger partial charge is 0.377 e. The molecule has 2 rings (SSSR count). The third-order valence-electron chi connectivity index (χ3n) is 3.41. The van der Waals surface area contributed by atoms with Crippen molar-refractivity contribution in [3.8, 4) is 0 Å². The topological polar surface area (TPSA) is 21.3 Å². The Labute approximate surface area is 91.6 Å². The molecule has 82 valence electrons. The van der Waals surface area contributed by atoms with Crippen LogP contribution in [0.1, 0.15) is 17.5 Å². The lowest BCUT2D eigenvalue weighted by Crippen LogP contribution is -2.36. The van der Waals surface area contributed by atoms with E-state index >= 15 is 0 Å². The van der Waals surface area contributed by atoms with Gasteiger partial charge in [-0.05, 0) is 31.0 Å². The van der Waals surface area contributed by atoms with E-state index in [4.69, 9.17) is 4.74 Å². The summed E-state index contributed by atoms with van der Waals surface area (Å²) in [6, 6.07) is 8.56. The van der Waals surface area contributed by atoms with Gasteiger partial charge in [-0.2, -0.15) is 0 Å². The Morgan fingerprint density at radius 2 is 2.20 bits per heavy atom. The fraction of sp³-hybridized carbons (Fsp3) is 0.538. The Hall–Kier alpha value is -0.860. The number of hydrogen-bond acceptors (Lipinski definition) is 2. The molecule has 0 aliphatic carbocycles. The van der Waals surface area contributed by atoms with Crippen LogP contribution < -0.4 is 5.32 Å². The smallest absolute Gasteiger partial charge is 0.0854 e. The van der Waals surface area contributed by atoms with Crippen molar-refractivity contribution < 1.29 is 4.74 Å². The number of benzene rings is 1. The van der Waals surface area contributed by atoms with E-state index in [1.54, 1.807) is 0 Å². The van der Waals surface area contributed by atoms with Crippen LogP contribution >= 0.6 is 0 Å². The minimum absolute atomic E-state index is 0.0200. The summed E-state index contributed by atoms with van der Waals surface area (Å²) in [6.07, 6.45) is 2.13. The summed E-state index contributed by atoms with van der Waals surface area (Å²) in [5, 5.41) is 3.38. The Kier molecular flexibility index (Phi) is 3.08. The molecule has 1 aromatic carbocycles. The predicted molar refractivity (Wildman–Crippen MR) is 62.1 cm³/mol. The van der Waals surface area contributed by atoms with E-state index in [1.807, 2.05) is 7.11 Å². The molecule has 0 spiro atoms. The molecule has 1 unspecified atom stereocenters. The van der Waals surface area contributed by atoms with Crippen LogP contribution in [0, 0.1) is 6.92 Å². The Morgan fingerprint density at radius 3 is 2.80 bits per heavy atom. The molecule has 0 saturated carbocycles. The maximum Gasteiger partial charge on any atom is 0.0854 e. The normalized spacial score (nSPS) is 25.7. The van der Waals surface area contributed by atoms with Crippen molar-refractivity contribution in [2.45, 2.75) is 25.4 Å². The van der Waals surface area contributed by atoms with E-state index in [9.17, 15) is 0 Å². The molecular formula is C13H19NO. The lowest BCUT2D eigenvalue weighted by Gasteiger charge is -2.27. The first-order chi connectivity index (χ1) is 7.26. The quantitative estimate of drug-likeness (QED) is 0.814. The van der Waals surface area contributed by atoms with E-state index in [0.717, 1.165) is 25.9 Å². The summed E-state index contributed by atoms with van der Waals surface area (Å²) >= 11 is 0. The average Bonchev–Trinajstić information content (AvgIpc) is 2.71. The molecule has 1 aliphatic rings. The maximum absolute atomic E-state index is 5.70. The number of rotatable bonds is 3. The highest BCUT2D eigenvalue weighted by Gasteiger charge is 2.33. The number of nitrogens with one attached hydrogen (secondary N) is 1. The van der Waals surface area contributed by atoms with E-state index < -0.39 is 0 Å². The van der Waals surface area contributed by atoms with Crippen molar-refractivity contribution in [1.29, 1.82) is 0 Å². The fourth-order valence-corrected chi connectivity index (χ4v) is 2.27. The van der Waals surface area contributed by atoms with Gasteiger partial charge in [-0.3, -0.25) is 0 Å². The third-order valence-corrected chi connectivity index (χ3v) is 3.41. The van der Waals surface area contributed by atoms with Gasteiger partial charge in [0.05, 0.1) is 5.60 Å². The van der Waals surface area contributed by atoms with Crippen molar-refractivity contribution >= 4 is 0 Å². The van der Waals surface area contributed by atoms with Crippen molar-refractivity contribution in [1.82, 2.24) is 5.32 Å². The lowest BCUT2D eigenvalue weighted by atomic mass is 9.91. The van der Waals surface area contributed by atoms with Crippen molar-refractivity contribution in [2.24, 2.45) is 0 Å². The molecule has 15 heavy (non-hydrogen) atoms. The minimum Gasteiger partial charge on any atom is -0.377 e. The second-order valence-electron chi connectivity index (χ2n) is 4.42. The standard InChI is InChI=1S/C13H19NO/c1-11-5-3-4-6-12(11)9-13(15-2)7-8-14-10-13/h3-6,14H,7-10H2,1-2H3. The molecule has 1 heterocycles. The van der Waals surface area contributed by atoms with E-state index in [1.165, 1.54) is 11.1 Å². The average molecular weight is 205 g/mol. The SMILES string of the molecule is COC1(Cc2ccccc2C)CCNC1. The number of ether oxygens (including phenoxy) is 1. The first-order valence-electron chi connectivity index (χ1n) is 5.56. The second-order valence-corrected chi connectivity index (χ2v) is 4.42. The molecule has 0 amide bonds. The maximum atomic E-state index is 5.70. The van der Waals surface area contributed by atoms with Crippen LogP contribution in [0.25, 0.3) is 0 Å². The van der Waals surface area contributed by atoms with Gasteiger partial charge in [-0.1, -0.05) is 24.3 Å². The first kappa shape index (κ1) is 10.7. The van der Waals surface area contributed by atoms with Crippen molar-refractivity contribution in [3.63, 3.8) is 0 Å². The van der Waals surface area contributed by atoms with E-state index in [-0.39, 0.29) is 5.60 Å². The van der Waals surface area contributed by atoms with Crippen LogP contribution in [0.15, 0.2) is 24.3 Å². The zero-order valence-corrected chi connectivity index (χ0v) is 9.55. The van der Waals surface area contributed by atoms with Crippen molar-refractivity contribution in [3.05, 3.63) is 35.4 Å². The first-order valence-corrected chi connectivity index (χ1v) is 5.56. The van der Waals surface area contributed by atoms with E-state index in [2.05, 4.69) is 36.5 Å². The zero-order chi connectivity index (χ0) is 10.7. The summed E-state index contributed by atoms with van der Waals surface area (Å²) in [7, 11) is 1.82. The molecule has 2 heteroatoms. The van der Waals surface area contributed by atoms with Crippen LogP contribution in [-0.4, -0.2) is 25.8 Å². The molecule has 1 N–H and O–H groups in total. The highest BCUT2D eigenvalue weighted by Crippen LogP contribution is 2.25. The van der Waals surface area contributed by atoms with Gasteiger partial charge in [-0.15, -0.1) is 0 Å². The van der Waals surface area contributed by atoms with Gasteiger partial charge >= 0.3 is 0 Å². The van der Waals surface area contributed by atoms with Crippen LogP contribution in [0.2, 0.25) is 0 Å². The monoisotopic (exact) mass is 205 g/mol. The molecule has 1 saturated heterocycles. The molecule has 1 aromatic rings. The number of methoxy groups -OCH3 is 1. The fourth-order valence-electron chi connectivity index (χ4n) is 2.27. The molecule has 1 aliphatic heterocycles. The van der Waals surface area contributed by atoms with Crippen molar-refractivity contribution in [2.75, 3.05) is 20.2 Å². The van der Waals surface area contributed by atoms with Crippen LogP contribution in [0.5, 0.6) is 0 Å². The lowest BCUT2D eigenvalue weighted by molar-refractivity contribution is 0.00764. The van der Waals surface area contributed by atoms with Gasteiger partial charge in [0.15, 0.2) is 0 Å².